The van der Waals surface area contributed by atoms with Crippen molar-refractivity contribution in [2.75, 3.05) is 0 Å². The molecule has 1 N–H and O–H groups in total. The third-order valence-electron chi connectivity index (χ3n) is 1.50. The third-order valence-corrected chi connectivity index (χ3v) is 1.50. The predicted molar refractivity (Wildman–Crippen MR) is 32.0 cm³/mol. The first-order valence-corrected chi connectivity index (χ1v) is 2.89. The summed E-state index contributed by atoms with van der Waals surface area (Å²) in [6, 6.07) is 0.116. The van der Waals surface area contributed by atoms with E-state index < -0.39 is 0 Å². The Hall–Kier alpha value is -0.0400. The lowest BCUT2D eigenvalue weighted by atomic mass is 10.0. The van der Waals surface area contributed by atoms with Crippen molar-refractivity contribution in [2.24, 2.45) is 5.92 Å². The molecule has 0 aromatic heterocycles. The van der Waals surface area contributed by atoms with Crippen LogP contribution >= 0.6 is 0 Å². The van der Waals surface area contributed by atoms with Gasteiger partial charge in [0.05, 0.1) is 0 Å². The van der Waals surface area contributed by atoms with E-state index in [0.29, 0.717) is 5.92 Å². The number of rotatable bonds is 2. The fraction of sp³-hybridized carbons (Fsp3) is 1.00. The van der Waals surface area contributed by atoms with Crippen LogP contribution in [0.4, 0.5) is 0 Å². The minimum atomic E-state index is 0.116. The summed E-state index contributed by atoms with van der Waals surface area (Å²) >= 11 is 0. The molecule has 0 rings (SSSR count). The Morgan fingerprint density at radius 2 is 1.86 bits per heavy atom. The molecule has 2 unspecified atom stereocenters. The first-order valence-electron chi connectivity index (χ1n) is 2.89. The monoisotopic (exact) mass is 100 g/mol. The number of hydrogen-bond donors (Lipinski definition) is 0. The molecule has 1 radical (unpaired) electrons. The highest BCUT2D eigenvalue weighted by molar-refractivity contribution is 4.58. The predicted octanol–water partition coefficient (Wildman–Crippen LogP) is 1.70. The molecule has 1 heteroatoms. The summed E-state index contributed by atoms with van der Waals surface area (Å²) in [5, 5.41) is 0. The normalized spacial score (nSPS) is 18.9. The maximum atomic E-state index is 7.18. The van der Waals surface area contributed by atoms with E-state index in [9.17, 15) is 0 Å². The molecule has 0 saturated heterocycles. The minimum absolute atomic E-state index is 0.116. The van der Waals surface area contributed by atoms with Crippen LogP contribution in [0.5, 0.6) is 0 Å². The molecule has 0 aliphatic heterocycles. The maximum absolute atomic E-state index is 7.18. The van der Waals surface area contributed by atoms with Gasteiger partial charge < -0.3 is 0 Å². The lowest BCUT2D eigenvalue weighted by Crippen LogP contribution is -2.13. The maximum Gasteiger partial charge on any atom is 0.0210 e. The molecule has 0 aliphatic rings. The topological polar surface area (TPSA) is 23.8 Å². The molecule has 0 spiro atoms. The quantitative estimate of drug-likeness (QED) is 0.504. The SMILES string of the molecule is CCC(C)C(C)[NH]. The summed E-state index contributed by atoms with van der Waals surface area (Å²) in [4.78, 5) is 0. The highest BCUT2D eigenvalue weighted by Crippen LogP contribution is 2.03. The molecule has 0 saturated carbocycles. The zero-order valence-corrected chi connectivity index (χ0v) is 5.36. The second kappa shape index (κ2) is 3.03. The van der Waals surface area contributed by atoms with Crippen molar-refractivity contribution < 1.29 is 0 Å². The van der Waals surface area contributed by atoms with Gasteiger partial charge in [-0.15, -0.1) is 0 Å². The summed E-state index contributed by atoms with van der Waals surface area (Å²) in [5.41, 5.74) is 7.18. The summed E-state index contributed by atoms with van der Waals surface area (Å²) in [6.45, 7) is 6.17. The number of nitrogens with one attached hydrogen (secondary N) is 1. The largest absolute Gasteiger partial charge is 0.255 e. The molecular weight excluding hydrogens is 86.1 g/mol. The average Bonchev–Trinajstić information content (AvgIpc) is 1.65. The van der Waals surface area contributed by atoms with Gasteiger partial charge in [0.2, 0.25) is 0 Å². The van der Waals surface area contributed by atoms with E-state index in [2.05, 4.69) is 13.8 Å². The van der Waals surface area contributed by atoms with Gasteiger partial charge in [0.1, 0.15) is 0 Å². The minimum Gasteiger partial charge on any atom is -0.255 e. The van der Waals surface area contributed by atoms with Crippen LogP contribution in [0.3, 0.4) is 0 Å². The van der Waals surface area contributed by atoms with Crippen LogP contribution in [-0.2, 0) is 0 Å². The van der Waals surface area contributed by atoms with Crippen molar-refractivity contribution in [2.45, 2.75) is 33.2 Å². The Labute approximate surface area is 45.9 Å². The second-order valence-corrected chi connectivity index (χ2v) is 2.17. The summed E-state index contributed by atoms with van der Waals surface area (Å²) in [7, 11) is 0. The van der Waals surface area contributed by atoms with Crippen molar-refractivity contribution in [1.29, 1.82) is 0 Å². The van der Waals surface area contributed by atoms with Crippen LogP contribution in [0.15, 0.2) is 0 Å². The van der Waals surface area contributed by atoms with Crippen LogP contribution in [0, 0.1) is 5.92 Å². The summed E-state index contributed by atoms with van der Waals surface area (Å²) in [6.07, 6.45) is 1.13. The van der Waals surface area contributed by atoms with E-state index in [1.165, 1.54) is 0 Å². The molecule has 43 valence electrons. The van der Waals surface area contributed by atoms with Crippen molar-refractivity contribution in [3.8, 4) is 0 Å². The molecule has 0 aromatic carbocycles. The zero-order chi connectivity index (χ0) is 5.86. The molecule has 0 fully saturated rings. The van der Waals surface area contributed by atoms with Gasteiger partial charge in [-0.1, -0.05) is 20.3 Å². The smallest absolute Gasteiger partial charge is 0.0210 e. The fourth-order valence-electron chi connectivity index (χ4n) is 0.354. The van der Waals surface area contributed by atoms with Gasteiger partial charge in [0.15, 0.2) is 0 Å². The lowest BCUT2D eigenvalue weighted by molar-refractivity contribution is 0.459. The van der Waals surface area contributed by atoms with Gasteiger partial charge in [0, 0.05) is 6.04 Å². The molecule has 0 aliphatic carbocycles. The van der Waals surface area contributed by atoms with E-state index in [-0.39, 0.29) is 6.04 Å². The zero-order valence-electron chi connectivity index (χ0n) is 5.36. The Bertz CT molecular complexity index is 41.4. The van der Waals surface area contributed by atoms with Crippen LogP contribution in [0.1, 0.15) is 27.2 Å². The highest BCUT2D eigenvalue weighted by atomic mass is 14.6. The molecule has 2 atom stereocenters. The van der Waals surface area contributed by atoms with E-state index in [0.717, 1.165) is 6.42 Å². The Morgan fingerprint density at radius 3 is 1.86 bits per heavy atom. The standard InChI is InChI=1S/C6H14N/c1-4-5(2)6(3)7/h5-7H,4H2,1-3H3. The van der Waals surface area contributed by atoms with Crippen LogP contribution in [0.2, 0.25) is 0 Å². The molecule has 0 amide bonds. The van der Waals surface area contributed by atoms with Crippen molar-refractivity contribution >= 4 is 0 Å². The van der Waals surface area contributed by atoms with Gasteiger partial charge in [-0.3, -0.25) is 5.73 Å². The second-order valence-electron chi connectivity index (χ2n) is 2.17. The van der Waals surface area contributed by atoms with Gasteiger partial charge in [-0.05, 0) is 12.8 Å². The highest BCUT2D eigenvalue weighted by Gasteiger charge is 2.02. The van der Waals surface area contributed by atoms with Crippen molar-refractivity contribution in [3.63, 3.8) is 0 Å². The van der Waals surface area contributed by atoms with E-state index >= 15 is 0 Å². The van der Waals surface area contributed by atoms with Crippen LogP contribution < -0.4 is 5.73 Å². The molecule has 1 nitrogen and oxygen atoms in total. The Kier molecular flexibility index (Phi) is 3.01. The molecule has 0 bridgehead atoms. The fourth-order valence-corrected chi connectivity index (χ4v) is 0.354. The van der Waals surface area contributed by atoms with Gasteiger partial charge >= 0.3 is 0 Å². The summed E-state index contributed by atoms with van der Waals surface area (Å²) < 4.78 is 0. The van der Waals surface area contributed by atoms with Crippen LogP contribution in [0.25, 0.3) is 0 Å². The van der Waals surface area contributed by atoms with E-state index in [4.69, 9.17) is 5.73 Å². The third kappa shape index (κ3) is 2.63. The Morgan fingerprint density at radius 1 is 1.43 bits per heavy atom. The lowest BCUT2D eigenvalue weighted by Gasteiger charge is -2.09. The summed E-state index contributed by atoms with van der Waals surface area (Å²) in [5.74, 6) is 0.569. The first kappa shape index (κ1) is 6.96. The van der Waals surface area contributed by atoms with Crippen LogP contribution in [-0.4, -0.2) is 6.04 Å². The Balaban J connectivity index is 3.14. The molecule has 7 heavy (non-hydrogen) atoms. The molecule has 0 aromatic rings. The molecule has 0 heterocycles. The molecular formula is C6H14N. The van der Waals surface area contributed by atoms with Crippen molar-refractivity contribution in [1.82, 2.24) is 5.73 Å². The van der Waals surface area contributed by atoms with E-state index in [1.807, 2.05) is 6.92 Å². The van der Waals surface area contributed by atoms with E-state index in [1.54, 1.807) is 0 Å². The first-order chi connectivity index (χ1) is 3.18. The van der Waals surface area contributed by atoms with Gasteiger partial charge in [0.25, 0.3) is 0 Å². The number of hydrogen-bond acceptors (Lipinski definition) is 0. The van der Waals surface area contributed by atoms with Gasteiger partial charge in [-0.2, -0.15) is 0 Å². The average molecular weight is 100 g/mol. The van der Waals surface area contributed by atoms with Crippen molar-refractivity contribution in [3.05, 3.63) is 0 Å². The van der Waals surface area contributed by atoms with Gasteiger partial charge in [-0.25, -0.2) is 0 Å².